The minimum Gasteiger partial charge on any atom is -0.306 e. The van der Waals surface area contributed by atoms with Crippen LogP contribution in [0.1, 0.15) is 0 Å². The van der Waals surface area contributed by atoms with Gasteiger partial charge in [-0.3, -0.25) is 9.59 Å². The summed E-state index contributed by atoms with van der Waals surface area (Å²) in [6.07, 6.45) is 0. The van der Waals surface area contributed by atoms with Crippen LogP contribution in [0.2, 0.25) is 10.0 Å². The Morgan fingerprint density at radius 1 is 0.500 bits per heavy atom. The number of H-pyrrole nitrogens is 2. The largest absolute Gasteiger partial charge is 0.333 e. The minimum absolute atomic E-state index is 0.304. The Balaban J connectivity index is 1.37. The highest BCUT2D eigenvalue weighted by Crippen LogP contribution is 2.22. The smallest absolute Gasteiger partial charge is 0.306 e. The van der Waals surface area contributed by atoms with Crippen LogP contribution in [-0.2, 0) is 0 Å². The summed E-state index contributed by atoms with van der Waals surface area (Å²) in [5, 5.41) is 1.39. The highest BCUT2D eigenvalue weighted by Gasteiger charge is 2.12. The quantitative estimate of drug-likeness (QED) is 0.339. The molecule has 0 radical (unpaired) electrons. The highest BCUT2D eigenvalue weighted by atomic mass is 35.5. The lowest BCUT2D eigenvalue weighted by Gasteiger charge is -2.10. The lowest BCUT2D eigenvalue weighted by Crippen LogP contribution is -2.33. The number of aromatic amines is 2. The highest BCUT2D eigenvalue weighted by molar-refractivity contribution is 6.31. The molecule has 8 nitrogen and oxygen atoms in total. The van der Waals surface area contributed by atoms with E-state index in [9.17, 15) is 19.2 Å². The fourth-order valence-electron chi connectivity index (χ4n) is 4.45. The van der Waals surface area contributed by atoms with Crippen LogP contribution in [0, 0.1) is 0 Å². The van der Waals surface area contributed by atoms with Gasteiger partial charge in [0.15, 0.2) is 0 Å². The molecule has 0 atom stereocenters. The summed E-state index contributed by atoms with van der Waals surface area (Å²) in [5.41, 5.74) is 1.14. The molecule has 0 bridgehead atoms. The summed E-state index contributed by atoms with van der Waals surface area (Å²) >= 11 is 12.1. The Bertz CT molecular complexity index is 1970. The van der Waals surface area contributed by atoms with Crippen molar-refractivity contribution in [3.63, 3.8) is 0 Å². The molecule has 10 heteroatoms. The second-order valence-corrected chi connectivity index (χ2v) is 9.49. The lowest BCUT2D eigenvalue weighted by atomic mass is 10.0. The number of nitrogens with one attached hydrogen (secondary N) is 2. The van der Waals surface area contributed by atoms with E-state index >= 15 is 0 Å². The van der Waals surface area contributed by atoms with Gasteiger partial charge in [-0.25, -0.2) is 18.7 Å². The van der Waals surface area contributed by atoms with E-state index in [-0.39, 0.29) is 0 Å². The standard InChI is InChI=1S/C28H16Cl2N4O4/c29-17-5-11-23-21(13-17)25(35)33(27(37)31-23)19-7-1-15(2-8-19)16-3-9-20(10-4-16)34-26(36)22-14-18(30)6-12-24(22)32-28(34)38/h1-14H,(H,31,37)(H,32,38). The zero-order valence-corrected chi connectivity index (χ0v) is 20.9. The summed E-state index contributed by atoms with van der Waals surface area (Å²) in [6.45, 7) is 0. The summed E-state index contributed by atoms with van der Waals surface area (Å²) in [5.74, 6) is 0. The number of hydrogen-bond donors (Lipinski definition) is 2. The molecular formula is C28H16Cl2N4O4. The van der Waals surface area contributed by atoms with Crippen molar-refractivity contribution in [3.05, 3.63) is 137 Å². The van der Waals surface area contributed by atoms with Gasteiger partial charge in [-0.2, -0.15) is 0 Å². The van der Waals surface area contributed by atoms with Crippen LogP contribution in [-0.4, -0.2) is 19.1 Å². The number of hydrogen-bond acceptors (Lipinski definition) is 4. The van der Waals surface area contributed by atoms with E-state index in [0.29, 0.717) is 43.2 Å². The molecule has 0 aliphatic heterocycles. The van der Waals surface area contributed by atoms with Gasteiger partial charge >= 0.3 is 11.4 Å². The maximum Gasteiger partial charge on any atom is 0.333 e. The normalized spacial score (nSPS) is 11.3. The molecule has 0 fully saturated rings. The van der Waals surface area contributed by atoms with Crippen LogP contribution in [0.3, 0.4) is 0 Å². The summed E-state index contributed by atoms with van der Waals surface area (Å²) in [6, 6.07) is 23.2. The van der Waals surface area contributed by atoms with Crippen LogP contribution >= 0.6 is 23.2 Å². The molecule has 0 unspecified atom stereocenters. The third-order valence-electron chi connectivity index (χ3n) is 6.30. The summed E-state index contributed by atoms with van der Waals surface area (Å²) < 4.78 is 2.10. The molecular weight excluding hydrogens is 527 g/mol. The fourth-order valence-corrected chi connectivity index (χ4v) is 4.79. The predicted octanol–water partition coefficient (Wildman–Crippen LogP) is 4.65. The Labute approximate surface area is 223 Å². The molecule has 2 N–H and O–H groups in total. The number of rotatable bonds is 3. The predicted molar refractivity (Wildman–Crippen MR) is 149 cm³/mol. The Morgan fingerprint density at radius 3 is 1.24 bits per heavy atom. The Hall–Kier alpha value is -4.66. The van der Waals surface area contributed by atoms with E-state index in [1.165, 1.54) is 12.1 Å². The maximum absolute atomic E-state index is 13.0. The van der Waals surface area contributed by atoms with Gasteiger partial charge in [0.2, 0.25) is 0 Å². The van der Waals surface area contributed by atoms with Crippen LogP contribution < -0.4 is 22.5 Å². The fraction of sp³-hybridized carbons (Fsp3) is 0. The molecule has 0 spiro atoms. The zero-order chi connectivity index (χ0) is 26.6. The number of halogens is 2. The van der Waals surface area contributed by atoms with Crippen molar-refractivity contribution in [1.29, 1.82) is 0 Å². The lowest BCUT2D eigenvalue weighted by molar-refractivity contribution is 0.901. The molecule has 6 aromatic rings. The SMILES string of the molecule is O=c1[nH]c2ccc(Cl)cc2c(=O)n1-c1ccc(-c2ccc(-n3c(=O)[nH]c4ccc(Cl)cc4c3=O)cc2)cc1. The summed E-state index contributed by atoms with van der Waals surface area (Å²) in [7, 11) is 0. The third kappa shape index (κ3) is 3.96. The van der Waals surface area contributed by atoms with Crippen LogP contribution in [0.5, 0.6) is 0 Å². The second-order valence-electron chi connectivity index (χ2n) is 8.61. The van der Waals surface area contributed by atoms with Gasteiger partial charge < -0.3 is 9.97 Å². The first kappa shape index (κ1) is 23.7. The topological polar surface area (TPSA) is 110 Å². The monoisotopic (exact) mass is 542 g/mol. The minimum atomic E-state index is -0.561. The van der Waals surface area contributed by atoms with Crippen molar-refractivity contribution in [2.24, 2.45) is 0 Å². The van der Waals surface area contributed by atoms with E-state index in [1.54, 1.807) is 72.8 Å². The van der Waals surface area contributed by atoms with E-state index in [1.807, 2.05) is 0 Å². The van der Waals surface area contributed by atoms with Crippen molar-refractivity contribution in [3.8, 4) is 22.5 Å². The second kappa shape index (κ2) is 9.02. The first-order valence-corrected chi connectivity index (χ1v) is 12.2. The van der Waals surface area contributed by atoms with Gasteiger partial charge in [0.25, 0.3) is 11.1 Å². The van der Waals surface area contributed by atoms with Crippen LogP contribution in [0.4, 0.5) is 0 Å². The first-order valence-electron chi connectivity index (χ1n) is 11.4. The van der Waals surface area contributed by atoms with Gasteiger partial charge in [0, 0.05) is 10.0 Å². The average Bonchev–Trinajstić information content (AvgIpc) is 2.91. The van der Waals surface area contributed by atoms with Crippen molar-refractivity contribution in [2.75, 3.05) is 0 Å². The average molecular weight is 543 g/mol. The van der Waals surface area contributed by atoms with Crippen molar-refractivity contribution in [2.45, 2.75) is 0 Å². The third-order valence-corrected chi connectivity index (χ3v) is 6.77. The van der Waals surface area contributed by atoms with Crippen LogP contribution in [0.25, 0.3) is 44.3 Å². The molecule has 0 saturated carbocycles. The molecule has 2 heterocycles. The first-order chi connectivity index (χ1) is 18.3. The van der Waals surface area contributed by atoms with Crippen LogP contribution in [0.15, 0.2) is 104 Å². The Kier molecular flexibility index (Phi) is 5.63. The number of nitrogens with zero attached hydrogens (tertiary/aromatic N) is 2. The Morgan fingerprint density at radius 2 is 0.868 bits per heavy atom. The van der Waals surface area contributed by atoms with Gasteiger partial charge in [0.05, 0.1) is 33.2 Å². The molecule has 0 saturated heterocycles. The van der Waals surface area contributed by atoms with Crippen molar-refractivity contribution in [1.82, 2.24) is 19.1 Å². The van der Waals surface area contributed by atoms with E-state index in [2.05, 4.69) is 9.97 Å². The zero-order valence-electron chi connectivity index (χ0n) is 19.4. The molecule has 186 valence electrons. The molecule has 0 aliphatic carbocycles. The summed E-state index contributed by atoms with van der Waals surface area (Å²) in [4.78, 5) is 56.7. The van der Waals surface area contributed by atoms with Gasteiger partial charge in [0.1, 0.15) is 0 Å². The molecule has 4 aromatic carbocycles. The molecule has 38 heavy (non-hydrogen) atoms. The van der Waals surface area contributed by atoms with E-state index < -0.39 is 22.5 Å². The number of benzene rings is 4. The van der Waals surface area contributed by atoms with E-state index in [0.717, 1.165) is 20.3 Å². The molecule has 0 aliphatic rings. The van der Waals surface area contributed by atoms with E-state index in [4.69, 9.17) is 23.2 Å². The number of fused-ring (bicyclic) bond motifs is 2. The van der Waals surface area contributed by atoms with Gasteiger partial charge in [-0.1, -0.05) is 47.5 Å². The molecule has 6 rings (SSSR count). The molecule has 0 amide bonds. The van der Waals surface area contributed by atoms with Crippen molar-refractivity contribution < 1.29 is 0 Å². The molecule has 2 aromatic heterocycles. The maximum atomic E-state index is 13.0. The number of aromatic nitrogens is 4. The van der Waals surface area contributed by atoms with Crippen molar-refractivity contribution >= 4 is 45.0 Å². The van der Waals surface area contributed by atoms with Gasteiger partial charge in [-0.05, 0) is 71.8 Å². The van der Waals surface area contributed by atoms with Gasteiger partial charge in [-0.15, -0.1) is 0 Å².